The van der Waals surface area contributed by atoms with Crippen molar-refractivity contribution in [2.45, 2.75) is 12.8 Å². The van der Waals surface area contributed by atoms with Gasteiger partial charge in [0.1, 0.15) is 12.2 Å². The van der Waals surface area contributed by atoms with E-state index >= 15 is 0 Å². The molecular formula is C10H14N6O. The van der Waals surface area contributed by atoms with Crippen molar-refractivity contribution in [1.29, 1.82) is 0 Å². The van der Waals surface area contributed by atoms with Crippen molar-refractivity contribution in [1.82, 2.24) is 24.7 Å². The second-order valence-electron chi connectivity index (χ2n) is 3.65. The summed E-state index contributed by atoms with van der Waals surface area (Å²) < 4.78 is 1.49. The van der Waals surface area contributed by atoms with E-state index in [9.17, 15) is 4.79 Å². The predicted octanol–water partition coefficient (Wildman–Crippen LogP) is -0.0569. The van der Waals surface area contributed by atoms with E-state index in [0.29, 0.717) is 12.4 Å². The first kappa shape index (κ1) is 11.3. The number of aryl methyl sites for hydroxylation is 2. The van der Waals surface area contributed by atoms with Gasteiger partial charge >= 0.3 is 0 Å². The third-order valence-corrected chi connectivity index (χ3v) is 2.36. The second kappa shape index (κ2) is 5.24. The molecule has 0 atom stereocenters. The number of nitrogens with one attached hydrogen (secondary N) is 2. The van der Waals surface area contributed by atoms with Crippen molar-refractivity contribution in [2.75, 3.05) is 11.9 Å². The molecule has 0 radical (unpaired) electrons. The van der Waals surface area contributed by atoms with E-state index in [1.54, 1.807) is 19.4 Å². The average Bonchev–Trinajstić information content (AvgIpc) is 2.83. The van der Waals surface area contributed by atoms with Crippen molar-refractivity contribution in [3.05, 3.63) is 34.9 Å². The lowest BCUT2D eigenvalue weighted by molar-refractivity contribution is 0.792. The van der Waals surface area contributed by atoms with Gasteiger partial charge in [0.05, 0.1) is 0 Å². The van der Waals surface area contributed by atoms with Gasteiger partial charge in [0, 0.05) is 32.4 Å². The van der Waals surface area contributed by atoms with E-state index in [-0.39, 0.29) is 5.56 Å². The Balaban J connectivity index is 1.82. The number of hydrogen-bond donors (Lipinski definition) is 2. The Bertz CT molecular complexity index is 518. The molecule has 0 aliphatic heterocycles. The van der Waals surface area contributed by atoms with Gasteiger partial charge in [0.15, 0.2) is 5.82 Å². The largest absolute Gasteiger partial charge is 0.365 e. The molecule has 0 amide bonds. The van der Waals surface area contributed by atoms with E-state index < -0.39 is 0 Å². The standard InChI is InChI=1S/C10H14N6O/c1-16-6-5-12-9(10(16)17)11-4-2-3-8-13-7-14-15-8/h5-7H,2-4H2,1H3,(H,11,12)(H,13,14,15). The molecule has 0 saturated carbocycles. The van der Waals surface area contributed by atoms with Crippen LogP contribution in [0.1, 0.15) is 12.2 Å². The lowest BCUT2D eigenvalue weighted by Gasteiger charge is -2.04. The molecule has 0 spiro atoms. The van der Waals surface area contributed by atoms with Gasteiger partial charge in [-0.25, -0.2) is 9.97 Å². The van der Waals surface area contributed by atoms with Crippen molar-refractivity contribution >= 4 is 5.82 Å². The molecule has 2 aromatic rings. The Morgan fingerprint density at radius 2 is 2.35 bits per heavy atom. The molecule has 2 heterocycles. The molecule has 0 aliphatic carbocycles. The third kappa shape index (κ3) is 2.90. The topological polar surface area (TPSA) is 88.5 Å². The van der Waals surface area contributed by atoms with Crippen LogP contribution in [0.2, 0.25) is 0 Å². The van der Waals surface area contributed by atoms with Gasteiger partial charge in [-0.2, -0.15) is 5.10 Å². The zero-order valence-corrected chi connectivity index (χ0v) is 9.55. The normalized spacial score (nSPS) is 10.4. The maximum absolute atomic E-state index is 11.6. The summed E-state index contributed by atoms with van der Waals surface area (Å²) in [5.41, 5.74) is -0.118. The maximum Gasteiger partial charge on any atom is 0.293 e. The van der Waals surface area contributed by atoms with E-state index in [1.165, 1.54) is 10.9 Å². The lowest BCUT2D eigenvalue weighted by Crippen LogP contribution is -2.22. The fraction of sp³-hybridized carbons (Fsp3) is 0.400. The Hall–Kier alpha value is -2.18. The molecule has 0 unspecified atom stereocenters. The summed E-state index contributed by atoms with van der Waals surface area (Å²) in [5.74, 6) is 1.23. The highest BCUT2D eigenvalue weighted by atomic mass is 16.1. The Morgan fingerprint density at radius 1 is 1.47 bits per heavy atom. The molecule has 7 heteroatoms. The van der Waals surface area contributed by atoms with Crippen LogP contribution in [0.25, 0.3) is 0 Å². The minimum Gasteiger partial charge on any atom is -0.365 e. The SMILES string of the molecule is Cn1ccnc(NCCCc2ncn[nH]2)c1=O. The lowest BCUT2D eigenvalue weighted by atomic mass is 10.3. The van der Waals surface area contributed by atoms with Gasteiger partial charge in [-0.15, -0.1) is 0 Å². The fourth-order valence-corrected chi connectivity index (χ4v) is 1.43. The van der Waals surface area contributed by atoms with E-state index in [2.05, 4.69) is 25.5 Å². The number of aromatic amines is 1. The Labute approximate surface area is 97.9 Å². The number of nitrogens with zero attached hydrogens (tertiary/aromatic N) is 4. The summed E-state index contributed by atoms with van der Waals surface area (Å²) in [7, 11) is 1.70. The Kier molecular flexibility index (Phi) is 3.49. The quantitative estimate of drug-likeness (QED) is 0.708. The molecule has 2 rings (SSSR count). The van der Waals surface area contributed by atoms with Crippen molar-refractivity contribution in [3.8, 4) is 0 Å². The molecule has 2 aromatic heterocycles. The van der Waals surface area contributed by atoms with Crippen LogP contribution in [-0.2, 0) is 13.5 Å². The van der Waals surface area contributed by atoms with Gasteiger partial charge in [-0.05, 0) is 6.42 Å². The summed E-state index contributed by atoms with van der Waals surface area (Å²) in [6, 6.07) is 0. The zero-order valence-electron chi connectivity index (χ0n) is 9.55. The predicted molar refractivity (Wildman–Crippen MR) is 62.7 cm³/mol. The highest BCUT2D eigenvalue weighted by Crippen LogP contribution is 1.96. The number of anilines is 1. The van der Waals surface area contributed by atoms with Gasteiger partial charge in [0.2, 0.25) is 0 Å². The van der Waals surface area contributed by atoms with Crippen LogP contribution in [0.5, 0.6) is 0 Å². The average molecular weight is 234 g/mol. The molecule has 0 saturated heterocycles. The fourth-order valence-electron chi connectivity index (χ4n) is 1.43. The summed E-state index contributed by atoms with van der Waals surface area (Å²) in [5, 5.41) is 9.56. The first-order chi connectivity index (χ1) is 8.27. The number of H-pyrrole nitrogens is 1. The van der Waals surface area contributed by atoms with Gasteiger partial charge in [-0.1, -0.05) is 0 Å². The van der Waals surface area contributed by atoms with Crippen LogP contribution in [0.15, 0.2) is 23.5 Å². The second-order valence-corrected chi connectivity index (χ2v) is 3.65. The molecule has 90 valence electrons. The number of hydrogen-bond acceptors (Lipinski definition) is 5. The first-order valence-electron chi connectivity index (χ1n) is 5.37. The van der Waals surface area contributed by atoms with Crippen LogP contribution in [0.3, 0.4) is 0 Å². The molecule has 0 aliphatic rings. The van der Waals surface area contributed by atoms with E-state index in [4.69, 9.17) is 0 Å². The Morgan fingerprint density at radius 3 is 3.12 bits per heavy atom. The molecule has 2 N–H and O–H groups in total. The number of rotatable bonds is 5. The molecule has 7 nitrogen and oxygen atoms in total. The number of aromatic nitrogens is 5. The van der Waals surface area contributed by atoms with Crippen molar-refractivity contribution in [2.24, 2.45) is 7.05 Å². The van der Waals surface area contributed by atoms with E-state index in [1.807, 2.05) is 0 Å². The summed E-state index contributed by atoms with van der Waals surface area (Å²) in [6.45, 7) is 0.674. The maximum atomic E-state index is 11.6. The zero-order chi connectivity index (χ0) is 12.1. The minimum atomic E-state index is -0.118. The summed E-state index contributed by atoms with van der Waals surface area (Å²) in [4.78, 5) is 19.6. The molecule has 0 aromatic carbocycles. The third-order valence-electron chi connectivity index (χ3n) is 2.36. The van der Waals surface area contributed by atoms with Gasteiger partial charge < -0.3 is 9.88 Å². The summed E-state index contributed by atoms with van der Waals surface area (Å²) >= 11 is 0. The smallest absolute Gasteiger partial charge is 0.293 e. The minimum absolute atomic E-state index is 0.118. The first-order valence-corrected chi connectivity index (χ1v) is 5.37. The molecule has 0 fully saturated rings. The van der Waals surface area contributed by atoms with Gasteiger partial charge in [0.25, 0.3) is 5.56 Å². The van der Waals surface area contributed by atoms with Crippen LogP contribution in [0, 0.1) is 0 Å². The van der Waals surface area contributed by atoms with Crippen LogP contribution >= 0.6 is 0 Å². The molecule has 17 heavy (non-hydrogen) atoms. The highest BCUT2D eigenvalue weighted by Gasteiger charge is 2.01. The van der Waals surface area contributed by atoms with Crippen molar-refractivity contribution < 1.29 is 0 Å². The highest BCUT2D eigenvalue weighted by molar-refractivity contribution is 5.30. The summed E-state index contributed by atoms with van der Waals surface area (Å²) in [6.07, 6.45) is 6.36. The van der Waals surface area contributed by atoms with Crippen molar-refractivity contribution in [3.63, 3.8) is 0 Å². The van der Waals surface area contributed by atoms with Crippen LogP contribution in [0.4, 0.5) is 5.82 Å². The molecular weight excluding hydrogens is 220 g/mol. The van der Waals surface area contributed by atoms with Crippen LogP contribution in [-0.4, -0.2) is 31.3 Å². The molecule has 0 bridgehead atoms. The van der Waals surface area contributed by atoms with Gasteiger partial charge in [-0.3, -0.25) is 9.89 Å². The van der Waals surface area contributed by atoms with Crippen LogP contribution < -0.4 is 10.9 Å². The van der Waals surface area contributed by atoms with E-state index in [0.717, 1.165) is 18.7 Å². The monoisotopic (exact) mass is 234 g/mol.